The number of rotatable bonds is 0. The van der Waals surface area contributed by atoms with E-state index in [9.17, 15) is 0 Å². The molecule has 1 aliphatic heterocycles. The fraction of sp³-hybridized carbons (Fsp3) is 0.667. The average Bonchev–Trinajstić information content (AvgIpc) is 1.84. The van der Waals surface area contributed by atoms with E-state index in [2.05, 4.69) is 26.4 Å². The Bertz CT molecular complexity index is 92.4. The highest BCUT2D eigenvalue weighted by Gasteiger charge is 2.13. The lowest BCUT2D eigenvalue weighted by molar-refractivity contribution is -0.832. The van der Waals surface area contributed by atoms with E-state index in [0.717, 1.165) is 4.48 Å². The second kappa shape index (κ2) is 1.34. The van der Waals surface area contributed by atoms with Crippen LogP contribution in [-0.4, -0.2) is 25.1 Å². The summed E-state index contributed by atoms with van der Waals surface area (Å²) in [6.45, 7) is 1.28. The van der Waals surface area contributed by atoms with Crippen molar-refractivity contribution < 1.29 is 4.48 Å². The quantitative estimate of drug-likeness (QED) is 0.396. The molecule has 0 spiro atoms. The Hall–Kier alpha value is -0.300. The van der Waals surface area contributed by atoms with Gasteiger partial charge in [0.2, 0.25) is 0 Å². The zero-order valence-electron chi connectivity index (χ0n) is 5.02. The fourth-order valence-corrected chi connectivity index (χ4v) is 0.842. The van der Waals surface area contributed by atoms with Gasteiger partial charge in [0.1, 0.15) is 0 Å². The molecule has 0 aromatic rings. The molecule has 0 fully saturated rings. The van der Waals surface area contributed by atoms with E-state index in [1.807, 2.05) is 0 Å². The Morgan fingerprint density at radius 1 is 1.43 bits per heavy atom. The minimum Gasteiger partial charge on any atom is -0.302 e. The largest absolute Gasteiger partial charge is 0.302 e. The van der Waals surface area contributed by atoms with Gasteiger partial charge in [-0.05, 0) is 6.08 Å². The van der Waals surface area contributed by atoms with E-state index < -0.39 is 0 Å². The molecule has 1 nitrogen and oxygen atoms in total. The van der Waals surface area contributed by atoms with Crippen molar-refractivity contribution in [2.24, 2.45) is 0 Å². The molecule has 40 valence electrons. The van der Waals surface area contributed by atoms with Crippen molar-refractivity contribution >= 4 is 0 Å². The van der Waals surface area contributed by atoms with E-state index in [4.69, 9.17) is 0 Å². The summed E-state index contributed by atoms with van der Waals surface area (Å²) in [6, 6.07) is 0. The van der Waals surface area contributed by atoms with Crippen LogP contribution in [0.4, 0.5) is 0 Å². The lowest BCUT2D eigenvalue weighted by Crippen LogP contribution is -2.30. The first-order valence-corrected chi connectivity index (χ1v) is 2.71. The van der Waals surface area contributed by atoms with Gasteiger partial charge in [-0.1, -0.05) is 0 Å². The normalized spacial score (nSPS) is 26.0. The van der Waals surface area contributed by atoms with Crippen LogP contribution in [0.3, 0.4) is 0 Å². The molecule has 0 bridgehead atoms. The Balaban J connectivity index is 2.57. The molecule has 0 saturated heterocycles. The van der Waals surface area contributed by atoms with Crippen molar-refractivity contribution in [1.29, 1.82) is 0 Å². The van der Waals surface area contributed by atoms with Gasteiger partial charge in [0, 0.05) is 6.42 Å². The highest BCUT2D eigenvalue weighted by Crippen LogP contribution is 2.08. The van der Waals surface area contributed by atoms with Crippen LogP contribution in [0.25, 0.3) is 0 Å². The Morgan fingerprint density at radius 2 is 2.14 bits per heavy atom. The Kier molecular flexibility index (Phi) is 0.927. The van der Waals surface area contributed by atoms with Crippen LogP contribution in [0.2, 0.25) is 0 Å². The first kappa shape index (κ1) is 4.85. The third-order valence-electron chi connectivity index (χ3n) is 1.38. The molecular weight excluding hydrogens is 86.1 g/mol. The number of nitrogens with zero attached hydrogens (tertiary/aromatic N) is 1. The van der Waals surface area contributed by atoms with Crippen molar-refractivity contribution in [2.45, 2.75) is 6.42 Å². The van der Waals surface area contributed by atoms with Crippen LogP contribution in [0.5, 0.6) is 0 Å². The Morgan fingerprint density at radius 3 is 2.29 bits per heavy atom. The highest BCUT2D eigenvalue weighted by molar-refractivity contribution is 4.79. The van der Waals surface area contributed by atoms with Crippen LogP contribution in [0.15, 0.2) is 12.3 Å². The molecule has 0 aromatic heterocycles. The molecule has 0 N–H and O–H groups in total. The summed E-state index contributed by atoms with van der Waals surface area (Å²) in [5, 5.41) is 0. The zero-order chi connectivity index (χ0) is 5.33. The van der Waals surface area contributed by atoms with Crippen LogP contribution < -0.4 is 0 Å². The van der Waals surface area contributed by atoms with Gasteiger partial charge in [-0.15, -0.1) is 0 Å². The van der Waals surface area contributed by atoms with Crippen molar-refractivity contribution in [3.63, 3.8) is 0 Å². The number of quaternary nitrogens is 1. The molecule has 1 heterocycles. The predicted molar refractivity (Wildman–Crippen MR) is 30.7 cm³/mol. The topological polar surface area (TPSA) is 0 Å². The molecule has 0 aromatic carbocycles. The van der Waals surface area contributed by atoms with Crippen LogP contribution in [0, 0.1) is 0 Å². The lowest BCUT2D eigenvalue weighted by atomic mass is 10.5. The van der Waals surface area contributed by atoms with Crippen molar-refractivity contribution in [3.05, 3.63) is 12.3 Å². The van der Waals surface area contributed by atoms with E-state index in [1.165, 1.54) is 13.0 Å². The summed E-state index contributed by atoms with van der Waals surface area (Å²) in [7, 11) is 4.42. The molecular formula is C6H12N+. The molecule has 0 amide bonds. The van der Waals surface area contributed by atoms with Crippen LogP contribution >= 0.6 is 0 Å². The van der Waals surface area contributed by atoms with Gasteiger partial charge in [0.25, 0.3) is 0 Å². The molecule has 1 aliphatic rings. The molecule has 7 heavy (non-hydrogen) atoms. The fourth-order valence-electron chi connectivity index (χ4n) is 0.842. The molecule has 1 heteroatoms. The summed E-state index contributed by atoms with van der Waals surface area (Å²) in [4.78, 5) is 0. The third kappa shape index (κ3) is 1.03. The minimum atomic E-state index is 1.07. The Labute approximate surface area is 44.8 Å². The van der Waals surface area contributed by atoms with Gasteiger partial charge in [-0.3, -0.25) is 0 Å². The summed E-state index contributed by atoms with van der Waals surface area (Å²) in [5.74, 6) is 0. The number of hydrogen-bond acceptors (Lipinski definition) is 0. The van der Waals surface area contributed by atoms with E-state index >= 15 is 0 Å². The number of hydrogen-bond donors (Lipinski definition) is 0. The molecule has 0 atom stereocenters. The van der Waals surface area contributed by atoms with E-state index in [-0.39, 0.29) is 0 Å². The highest BCUT2D eigenvalue weighted by atomic mass is 15.3. The molecule has 1 rings (SSSR count). The second-order valence-electron chi connectivity index (χ2n) is 2.68. The SMILES string of the molecule is C[N+]1(C)C=CCC1. The summed E-state index contributed by atoms with van der Waals surface area (Å²) < 4.78 is 1.07. The summed E-state index contributed by atoms with van der Waals surface area (Å²) in [5.41, 5.74) is 0. The maximum atomic E-state index is 2.24. The maximum Gasteiger partial charge on any atom is 0.0916 e. The molecule has 0 radical (unpaired) electrons. The minimum absolute atomic E-state index is 1.07. The lowest BCUT2D eigenvalue weighted by Gasteiger charge is -2.18. The third-order valence-corrected chi connectivity index (χ3v) is 1.38. The molecule has 0 unspecified atom stereocenters. The zero-order valence-corrected chi connectivity index (χ0v) is 5.02. The molecule has 0 aliphatic carbocycles. The predicted octanol–water partition coefficient (Wildman–Crippen LogP) is 0.980. The second-order valence-corrected chi connectivity index (χ2v) is 2.68. The van der Waals surface area contributed by atoms with Crippen LogP contribution in [0.1, 0.15) is 6.42 Å². The summed E-state index contributed by atoms with van der Waals surface area (Å²) >= 11 is 0. The van der Waals surface area contributed by atoms with E-state index in [0.29, 0.717) is 0 Å². The van der Waals surface area contributed by atoms with Crippen molar-refractivity contribution in [3.8, 4) is 0 Å². The van der Waals surface area contributed by atoms with Crippen molar-refractivity contribution in [1.82, 2.24) is 0 Å². The van der Waals surface area contributed by atoms with Gasteiger partial charge in [0.15, 0.2) is 0 Å². The first-order valence-electron chi connectivity index (χ1n) is 2.71. The van der Waals surface area contributed by atoms with Gasteiger partial charge >= 0.3 is 0 Å². The smallest absolute Gasteiger partial charge is 0.0916 e. The molecule has 0 saturated carbocycles. The van der Waals surface area contributed by atoms with Gasteiger partial charge < -0.3 is 4.48 Å². The maximum absolute atomic E-state index is 2.24. The van der Waals surface area contributed by atoms with Gasteiger partial charge in [-0.25, -0.2) is 0 Å². The van der Waals surface area contributed by atoms with Crippen LogP contribution in [-0.2, 0) is 0 Å². The standard InChI is InChI=1S/C6H12N/c1-7(2)5-3-4-6-7/h3,5H,4,6H2,1-2H3/q+1. The van der Waals surface area contributed by atoms with Gasteiger partial charge in [0.05, 0.1) is 26.8 Å². The van der Waals surface area contributed by atoms with Gasteiger partial charge in [-0.2, -0.15) is 0 Å². The average molecular weight is 98.2 g/mol. The van der Waals surface area contributed by atoms with Crippen molar-refractivity contribution in [2.75, 3.05) is 20.6 Å². The van der Waals surface area contributed by atoms with E-state index in [1.54, 1.807) is 0 Å². The monoisotopic (exact) mass is 98.1 g/mol. The first-order chi connectivity index (χ1) is 3.21. The summed E-state index contributed by atoms with van der Waals surface area (Å²) in [6.07, 6.45) is 5.73.